The fourth-order valence-corrected chi connectivity index (χ4v) is 1.95. The number of rotatable bonds is 5. The van der Waals surface area contributed by atoms with E-state index in [9.17, 15) is 9.18 Å². The Morgan fingerprint density at radius 1 is 1.16 bits per heavy atom. The van der Waals surface area contributed by atoms with Crippen molar-refractivity contribution in [1.82, 2.24) is 0 Å². The topological polar surface area (TPSA) is 26.3 Å². The lowest BCUT2D eigenvalue weighted by Crippen LogP contribution is -2.07. The molecule has 2 aromatic rings. The maximum atomic E-state index is 13.5. The van der Waals surface area contributed by atoms with Crippen molar-refractivity contribution in [2.24, 2.45) is 0 Å². The van der Waals surface area contributed by atoms with Crippen molar-refractivity contribution in [1.29, 1.82) is 0 Å². The van der Waals surface area contributed by atoms with Crippen molar-refractivity contribution in [3.63, 3.8) is 0 Å². The second-order valence-electron chi connectivity index (χ2n) is 3.96. The molecule has 0 aromatic heterocycles. The van der Waals surface area contributed by atoms with Crippen molar-refractivity contribution >= 4 is 21.7 Å². The SMILES string of the molecule is O=C(CCOc1ccc(Br)cc1F)c1ccccc1. The number of hydrogen-bond acceptors (Lipinski definition) is 2. The molecule has 98 valence electrons. The molecule has 0 bridgehead atoms. The monoisotopic (exact) mass is 322 g/mol. The first-order chi connectivity index (χ1) is 9.16. The van der Waals surface area contributed by atoms with E-state index in [1.165, 1.54) is 12.1 Å². The van der Waals surface area contributed by atoms with Crippen LogP contribution in [0.3, 0.4) is 0 Å². The summed E-state index contributed by atoms with van der Waals surface area (Å²) in [5.41, 5.74) is 0.641. The summed E-state index contributed by atoms with van der Waals surface area (Å²) in [5.74, 6) is -0.302. The lowest BCUT2D eigenvalue weighted by Gasteiger charge is -2.07. The standard InChI is InChI=1S/C15H12BrFO2/c16-12-6-7-15(13(17)10-12)19-9-8-14(18)11-4-2-1-3-5-11/h1-7,10H,8-9H2. The highest BCUT2D eigenvalue weighted by molar-refractivity contribution is 9.10. The van der Waals surface area contributed by atoms with Gasteiger partial charge in [-0.15, -0.1) is 0 Å². The summed E-state index contributed by atoms with van der Waals surface area (Å²) in [7, 11) is 0. The summed E-state index contributed by atoms with van der Waals surface area (Å²) in [6.45, 7) is 0.159. The van der Waals surface area contributed by atoms with E-state index >= 15 is 0 Å². The van der Waals surface area contributed by atoms with Gasteiger partial charge in [0.25, 0.3) is 0 Å². The first-order valence-electron chi connectivity index (χ1n) is 5.83. The number of ketones is 1. The third-order valence-corrected chi connectivity index (χ3v) is 3.07. The maximum absolute atomic E-state index is 13.5. The van der Waals surface area contributed by atoms with Crippen LogP contribution in [0.4, 0.5) is 4.39 Å². The van der Waals surface area contributed by atoms with Crippen LogP contribution in [0.25, 0.3) is 0 Å². The van der Waals surface area contributed by atoms with Gasteiger partial charge in [-0.2, -0.15) is 0 Å². The lowest BCUT2D eigenvalue weighted by atomic mass is 10.1. The average molecular weight is 323 g/mol. The molecule has 0 N–H and O–H groups in total. The van der Waals surface area contributed by atoms with Gasteiger partial charge in [0.1, 0.15) is 0 Å². The zero-order valence-electron chi connectivity index (χ0n) is 10.1. The number of carbonyl (C=O) groups excluding carboxylic acids is 1. The summed E-state index contributed by atoms with van der Waals surface area (Å²) in [6.07, 6.45) is 0.222. The van der Waals surface area contributed by atoms with E-state index in [1.54, 1.807) is 18.2 Å². The van der Waals surface area contributed by atoms with Gasteiger partial charge in [-0.25, -0.2) is 4.39 Å². The summed E-state index contributed by atoms with van der Waals surface area (Å²) in [5, 5.41) is 0. The third-order valence-electron chi connectivity index (χ3n) is 2.58. The van der Waals surface area contributed by atoms with E-state index in [0.29, 0.717) is 10.0 Å². The molecule has 0 fully saturated rings. The fourth-order valence-electron chi connectivity index (χ4n) is 1.61. The summed E-state index contributed by atoms with van der Waals surface area (Å²) >= 11 is 3.17. The molecule has 0 aliphatic rings. The van der Waals surface area contributed by atoms with E-state index < -0.39 is 5.82 Å². The van der Waals surface area contributed by atoms with Crippen LogP contribution in [0, 0.1) is 5.82 Å². The first-order valence-corrected chi connectivity index (χ1v) is 6.62. The van der Waals surface area contributed by atoms with Crippen molar-refractivity contribution in [3.05, 3.63) is 64.4 Å². The smallest absolute Gasteiger partial charge is 0.166 e. The highest BCUT2D eigenvalue weighted by Crippen LogP contribution is 2.21. The average Bonchev–Trinajstić information content (AvgIpc) is 2.42. The van der Waals surface area contributed by atoms with Gasteiger partial charge in [-0.05, 0) is 18.2 Å². The minimum Gasteiger partial charge on any atom is -0.490 e. The number of carbonyl (C=O) groups is 1. The Kier molecular flexibility index (Phi) is 4.68. The predicted octanol–water partition coefficient (Wildman–Crippen LogP) is 4.24. The zero-order valence-corrected chi connectivity index (χ0v) is 11.7. The molecule has 0 aliphatic carbocycles. The Hall–Kier alpha value is -1.68. The number of hydrogen-bond donors (Lipinski definition) is 0. The zero-order chi connectivity index (χ0) is 13.7. The molecular formula is C15H12BrFO2. The largest absolute Gasteiger partial charge is 0.490 e. The maximum Gasteiger partial charge on any atom is 0.166 e. The molecular weight excluding hydrogens is 311 g/mol. The predicted molar refractivity (Wildman–Crippen MR) is 75.0 cm³/mol. The van der Waals surface area contributed by atoms with Crippen molar-refractivity contribution in [2.75, 3.05) is 6.61 Å². The van der Waals surface area contributed by atoms with Crippen molar-refractivity contribution in [3.8, 4) is 5.75 Å². The highest BCUT2D eigenvalue weighted by atomic mass is 79.9. The summed E-state index contributed by atoms with van der Waals surface area (Å²) < 4.78 is 19.4. The van der Waals surface area contributed by atoms with E-state index in [-0.39, 0.29) is 24.6 Å². The third kappa shape index (κ3) is 3.89. The number of ether oxygens (including phenoxy) is 1. The van der Waals surface area contributed by atoms with Gasteiger partial charge in [0.2, 0.25) is 0 Å². The molecule has 2 rings (SSSR count). The molecule has 0 unspecified atom stereocenters. The summed E-state index contributed by atoms with van der Waals surface area (Å²) in [6, 6.07) is 13.5. The van der Waals surface area contributed by atoms with Crippen LogP contribution in [0.1, 0.15) is 16.8 Å². The van der Waals surface area contributed by atoms with E-state index in [1.807, 2.05) is 18.2 Å². The number of Topliss-reactive ketones (excluding diaryl/α,β-unsaturated/α-hetero) is 1. The van der Waals surface area contributed by atoms with Gasteiger partial charge in [0, 0.05) is 16.5 Å². The molecule has 0 saturated heterocycles. The van der Waals surface area contributed by atoms with Gasteiger partial charge in [0.15, 0.2) is 17.3 Å². The Bertz CT molecular complexity index is 570. The highest BCUT2D eigenvalue weighted by Gasteiger charge is 2.07. The normalized spacial score (nSPS) is 10.2. The van der Waals surface area contributed by atoms with Crippen LogP contribution in [0.15, 0.2) is 53.0 Å². The van der Waals surface area contributed by atoms with Crippen molar-refractivity contribution < 1.29 is 13.9 Å². The molecule has 2 aromatic carbocycles. The molecule has 0 aliphatic heterocycles. The second-order valence-corrected chi connectivity index (χ2v) is 4.88. The quantitative estimate of drug-likeness (QED) is 0.769. The van der Waals surface area contributed by atoms with Gasteiger partial charge in [-0.1, -0.05) is 46.3 Å². The molecule has 0 heterocycles. The number of benzene rings is 2. The van der Waals surface area contributed by atoms with Crippen LogP contribution in [0.2, 0.25) is 0 Å². The Morgan fingerprint density at radius 3 is 2.58 bits per heavy atom. The fraction of sp³-hybridized carbons (Fsp3) is 0.133. The molecule has 0 spiro atoms. The van der Waals surface area contributed by atoms with E-state index in [4.69, 9.17) is 4.74 Å². The Balaban J connectivity index is 1.88. The molecule has 0 atom stereocenters. The second kappa shape index (κ2) is 6.48. The molecule has 0 radical (unpaired) electrons. The molecule has 19 heavy (non-hydrogen) atoms. The van der Waals surface area contributed by atoms with Crippen LogP contribution < -0.4 is 4.74 Å². The van der Waals surface area contributed by atoms with Gasteiger partial charge >= 0.3 is 0 Å². The van der Waals surface area contributed by atoms with E-state index in [0.717, 1.165) is 0 Å². The first kappa shape index (κ1) is 13.7. The van der Waals surface area contributed by atoms with Gasteiger partial charge < -0.3 is 4.74 Å². The molecule has 2 nitrogen and oxygen atoms in total. The van der Waals surface area contributed by atoms with Crippen LogP contribution in [0.5, 0.6) is 5.75 Å². The van der Waals surface area contributed by atoms with Crippen LogP contribution in [-0.4, -0.2) is 12.4 Å². The van der Waals surface area contributed by atoms with Gasteiger partial charge in [-0.3, -0.25) is 4.79 Å². The molecule has 0 amide bonds. The van der Waals surface area contributed by atoms with E-state index in [2.05, 4.69) is 15.9 Å². The molecule has 0 saturated carbocycles. The van der Waals surface area contributed by atoms with Crippen LogP contribution >= 0.6 is 15.9 Å². The van der Waals surface area contributed by atoms with Gasteiger partial charge in [0.05, 0.1) is 6.61 Å². The minimum absolute atomic E-state index is 0.0156. The lowest BCUT2D eigenvalue weighted by molar-refractivity contribution is 0.0961. The molecule has 4 heteroatoms. The Morgan fingerprint density at radius 2 is 1.89 bits per heavy atom. The summed E-state index contributed by atoms with van der Waals surface area (Å²) in [4.78, 5) is 11.8. The number of halogens is 2. The minimum atomic E-state index is -0.443. The van der Waals surface area contributed by atoms with Crippen LogP contribution in [-0.2, 0) is 0 Å². The Labute approximate surface area is 119 Å². The van der Waals surface area contributed by atoms with Crippen molar-refractivity contribution in [2.45, 2.75) is 6.42 Å².